The molecule has 2 aliphatic heterocycles. The predicted molar refractivity (Wildman–Crippen MR) is 96.5 cm³/mol. The summed E-state index contributed by atoms with van der Waals surface area (Å²) in [4.78, 5) is 31.0. The third kappa shape index (κ3) is 3.37. The van der Waals surface area contributed by atoms with Gasteiger partial charge in [-0.05, 0) is 36.5 Å². The highest BCUT2D eigenvalue weighted by molar-refractivity contribution is 5.94. The van der Waals surface area contributed by atoms with Crippen molar-refractivity contribution in [3.63, 3.8) is 0 Å². The highest BCUT2D eigenvalue weighted by Gasteiger charge is 2.29. The summed E-state index contributed by atoms with van der Waals surface area (Å²) in [5.41, 5.74) is 3.17. The minimum atomic E-state index is -0.229. The van der Waals surface area contributed by atoms with Gasteiger partial charge in [0.25, 0.3) is 5.91 Å². The first-order valence-electron chi connectivity index (χ1n) is 8.99. The zero-order valence-corrected chi connectivity index (χ0v) is 14.3. The molecule has 4 rings (SSSR count). The van der Waals surface area contributed by atoms with Gasteiger partial charge in [-0.1, -0.05) is 24.3 Å². The standard InChI is InChI=1S/C20H23N3O2/c24-19-13-16(5-9-21-19)20(25)22-11-7-18(8-12-22)23-10-6-15-3-1-2-4-17(15)14-23/h1-5,9,13,18H,6-8,10-12,14H2,(H,21,24). The van der Waals surface area contributed by atoms with E-state index in [4.69, 9.17) is 0 Å². The number of fused-ring (bicyclic) bond motifs is 1. The van der Waals surface area contributed by atoms with Gasteiger partial charge in [0.1, 0.15) is 0 Å². The van der Waals surface area contributed by atoms with Crippen LogP contribution in [-0.4, -0.2) is 46.4 Å². The Labute approximate surface area is 147 Å². The van der Waals surface area contributed by atoms with Crippen molar-refractivity contribution in [1.29, 1.82) is 0 Å². The van der Waals surface area contributed by atoms with E-state index in [0.29, 0.717) is 11.6 Å². The van der Waals surface area contributed by atoms with E-state index in [2.05, 4.69) is 34.1 Å². The molecule has 25 heavy (non-hydrogen) atoms. The van der Waals surface area contributed by atoms with Crippen LogP contribution >= 0.6 is 0 Å². The normalized spacial score (nSPS) is 18.8. The van der Waals surface area contributed by atoms with E-state index in [1.54, 1.807) is 6.07 Å². The van der Waals surface area contributed by atoms with Crippen LogP contribution in [0.15, 0.2) is 47.4 Å². The fourth-order valence-electron chi connectivity index (χ4n) is 4.02. The summed E-state index contributed by atoms with van der Waals surface area (Å²) in [6, 6.07) is 12.3. The topological polar surface area (TPSA) is 56.4 Å². The van der Waals surface area contributed by atoms with E-state index < -0.39 is 0 Å². The van der Waals surface area contributed by atoms with Crippen LogP contribution < -0.4 is 5.56 Å². The summed E-state index contributed by atoms with van der Waals surface area (Å²) in [6.07, 6.45) is 4.64. The van der Waals surface area contributed by atoms with Gasteiger partial charge in [-0.15, -0.1) is 0 Å². The van der Waals surface area contributed by atoms with Crippen LogP contribution in [0, 0.1) is 0 Å². The second-order valence-corrected chi connectivity index (χ2v) is 6.95. The predicted octanol–water partition coefficient (Wildman–Crippen LogP) is 2.04. The van der Waals surface area contributed by atoms with Gasteiger partial charge >= 0.3 is 0 Å². The number of rotatable bonds is 2. The molecule has 1 saturated heterocycles. The van der Waals surface area contributed by atoms with Crippen LogP contribution in [0.5, 0.6) is 0 Å². The molecule has 0 aliphatic carbocycles. The van der Waals surface area contributed by atoms with Gasteiger partial charge in [0, 0.05) is 50.0 Å². The first-order valence-corrected chi connectivity index (χ1v) is 8.99. The smallest absolute Gasteiger partial charge is 0.254 e. The van der Waals surface area contributed by atoms with Gasteiger partial charge in [0.2, 0.25) is 5.56 Å². The van der Waals surface area contributed by atoms with E-state index in [1.165, 1.54) is 23.4 Å². The molecule has 5 nitrogen and oxygen atoms in total. The number of hydrogen-bond donors (Lipinski definition) is 1. The Balaban J connectivity index is 1.37. The molecule has 0 atom stereocenters. The Bertz CT molecular complexity index is 821. The van der Waals surface area contributed by atoms with Gasteiger partial charge in [-0.2, -0.15) is 0 Å². The van der Waals surface area contributed by atoms with Crippen molar-refractivity contribution in [2.24, 2.45) is 0 Å². The van der Waals surface area contributed by atoms with E-state index >= 15 is 0 Å². The minimum absolute atomic E-state index is 0.0338. The lowest BCUT2D eigenvalue weighted by Crippen LogP contribution is -2.48. The monoisotopic (exact) mass is 337 g/mol. The average Bonchev–Trinajstić information content (AvgIpc) is 2.67. The maximum atomic E-state index is 12.6. The van der Waals surface area contributed by atoms with Gasteiger partial charge in [0.15, 0.2) is 0 Å². The number of likely N-dealkylation sites (tertiary alicyclic amines) is 1. The van der Waals surface area contributed by atoms with E-state index in [1.807, 2.05) is 4.90 Å². The first kappa shape index (κ1) is 16.1. The van der Waals surface area contributed by atoms with Crippen LogP contribution in [0.25, 0.3) is 0 Å². The van der Waals surface area contributed by atoms with Crippen molar-refractivity contribution in [3.8, 4) is 0 Å². The molecule has 1 aromatic carbocycles. The van der Waals surface area contributed by atoms with Crippen LogP contribution in [-0.2, 0) is 13.0 Å². The minimum Gasteiger partial charge on any atom is -0.339 e. The molecule has 0 spiro atoms. The summed E-state index contributed by atoms with van der Waals surface area (Å²) < 4.78 is 0. The molecule has 1 amide bonds. The highest BCUT2D eigenvalue weighted by atomic mass is 16.2. The van der Waals surface area contributed by atoms with Crippen LogP contribution in [0.1, 0.15) is 34.3 Å². The van der Waals surface area contributed by atoms with Gasteiger partial charge < -0.3 is 9.88 Å². The molecule has 1 N–H and O–H groups in total. The van der Waals surface area contributed by atoms with Crippen molar-refractivity contribution < 1.29 is 4.79 Å². The number of aromatic amines is 1. The molecule has 3 heterocycles. The maximum absolute atomic E-state index is 12.6. The lowest BCUT2D eigenvalue weighted by molar-refractivity contribution is 0.0599. The SMILES string of the molecule is O=C(c1cc[nH]c(=O)c1)N1CCC(N2CCc3ccccc3C2)CC1. The molecule has 130 valence electrons. The second-order valence-electron chi connectivity index (χ2n) is 6.95. The maximum Gasteiger partial charge on any atom is 0.254 e. The number of piperidine rings is 1. The summed E-state index contributed by atoms with van der Waals surface area (Å²) in [5, 5.41) is 0. The lowest BCUT2D eigenvalue weighted by atomic mass is 9.95. The van der Waals surface area contributed by atoms with Gasteiger partial charge in [-0.3, -0.25) is 14.5 Å². The quantitative estimate of drug-likeness (QED) is 0.912. The number of benzene rings is 1. The van der Waals surface area contributed by atoms with Crippen molar-refractivity contribution >= 4 is 5.91 Å². The van der Waals surface area contributed by atoms with E-state index in [9.17, 15) is 9.59 Å². The zero-order chi connectivity index (χ0) is 17.2. The number of pyridine rings is 1. The molecule has 2 aliphatic rings. The van der Waals surface area contributed by atoms with Crippen molar-refractivity contribution in [2.45, 2.75) is 31.8 Å². The Morgan fingerprint density at radius 1 is 1.04 bits per heavy atom. The molecule has 0 radical (unpaired) electrons. The molecule has 5 heteroatoms. The first-order chi connectivity index (χ1) is 12.2. The van der Waals surface area contributed by atoms with Crippen LogP contribution in [0.3, 0.4) is 0 Å². The van der Waals surface area contributed by atoms with Crippen LogP contribution in [0.4, 0.5) is 0 Å². The van der Waals surface area contributed by atoms with Crippen molar-refractivity contribution in [2.75, 3.05) is 19.6 Å². The largest absolute Gasteiger partial charge is 0.339 e. The molecule has 2 aromatic rings. The third-order valence-corrected chi connectivity index (χ3v) is 5.45. The number of amides is 1. The average molecular weight is 337 g/mol. The molecule has 1 aromatic heterocycles. The number of H-pyrrole nitrogens is 1. The number of aromatic nitrogens is 1. The summed E-state index contributed by atoms with van der Waals surface area (Å²) in [5.74, 6) is -0.0338. The number of carbonyl (C=O) groups is 1. The summed E-state index contributed by atoms with van der Waals surface area (Å²) >= 11 is 0. The molecular formula is C20H23N3O2. The number of hydrogen-bond acceptors (Lipinski definition) is 3. The Morgan fingerprint density at radius 2 is 1.80 bits per heavy atom. The lowest BCUT2D eigenvalue weighted by Gasteiger charge is -2.40. The fourth-order valence-corrected chi connectivity index (χ4v) is 4.02. The van der Waals surface area contributed by atoms with Crippen molar-refractivity contribution in [3.05, 3.63) is 69.6 Å². The number of nitrogens with zero attached hydrogens (tertiary/aromatic N) is 2. The Morgan fingerprint density at radius 3 is 2.56 bits per heavy atom. The van der Waals surface area contributed by atoms with Gasteiger partial charge in [0.05, 0.1) is 0 Å². The molecule has 0 saturated carbocycles. The van der Waals surface area contributed by atoms with E-state index in [-0.39, 0.29) is 11.5 Å². The summed E-state index contributed by atoms with van der Waals surface area (Å²) in [7, 11) is 0. The number of nitrogens with one attached hydrogen (secondary N) is 1. The molecule has 0 bridgehead atoms. The fraction of sp³-hybridized carbons (Fsp3) is 0.400. The second kappa shape index (κ2) is 6.84. The number of carbonyl (C=O) groups excluding carboxylic acids is 1. The van der Waals surface area contributed by atoms with Gasteiger partial charge in [-0.25, -0.2) is 0 Å². The Hall–Kier alpha value is -2.40. The Kier molecular flexibility index (Phi) is 4.40. The molecular weight excluding hydrogens is 314 g/mol. The third-order valence-electron chi connectivity index (χ3n) is 5.45. The van der Waals surface area contributed by atoms with Crippen LogP contribution in [0.2, 0.25) is 0 Å². The zero-order valence-electron chi connectivity index (χ0n) is 14.3. The molecule has 1 fully saturated rings. The van der Waals surface area contributed by atoms with E-state index in [0.717, 1.165) is 45.4 Å². The highest BCUT2D eigenvalue weighted by Crippen LogP contribution is 2.25. The molecule has 0 unspecified atom stereocenters. The summed E-state index contributed by atoms with van der Waals surface area (Å²) in [6.45, 7) is 3.63. The van der Waals surface area contributed by atoms with Crippen molar-refractivity contribution in [1.82, 2.24) is 14.8 Å².